The molecule has 5 heteroatoms. The molecular formula is C18H31BO3Si. The van der Waals surface area contributed by atoms with Crippen LogP contribution in [-0.2, 0) is 14.0 Å². The van der Waals surface area contributed by atoms with Gasteiger partial charge in [0.25, 0.3) is 0 Å². The maximum atomic E-state index is 6.29. The van der Waals surface area contributed by atoms with Crippen LogP contribution in [0.1, 0.15) is 38.8 Å². The fourth-order valence-corrected chi connectivity index (χ4v) is 5.74. The molecule has 1 aromatic carbocycles. The molecule has 0 spiro atoms. The first-order valence-corrected chi connectivity index (χ1v) is 12.0. The van der Waals surface area contributed by atoms with Crippen molar-refractivity contribution in [2.45, 2.75) is 70.1 Å². The minimum atomic E-state index is -1.56. The number of ether oxygens (including phenoxy) is 1. The second-order valence-electron chi connectivity index (χ2n) is 8.58. The monoisotopic (exact) mass is 334 g/mol. The molecule has 1 aliphatic rings. The van der Waals surface area contributed by atoms with E-state index in [4.69, 9.17) is 14.0 Å². The summed E-state index contributed by atoms with van der Waals surface area (Å²) >= 11 is 0. The molecule has 0 aliphatic carbocycles. The van der Waals surface area contributed by atoms with Crippen LogP contribution >= 0.6 is 0 Å². The number of rotatable bonds is 5. The van der Waals surface area contributed by atoms with Gasteiger partial charge in [-0.3, -0.25) is 0 Å². The normalized spacial score (nSPS) is 22.9. The fourth-order valence-electron chi connectivity index (χ4n) is 3.27. The lowest BCUT2D eigenvalue weighted by Crippen LogP contribution is -2.49. The first kappa shape index (κ1) is 18.7. The summed E-state index contributed by atoms with van der Waals surface area (Å²) in [7, 11) is -0.133. The Labute approximate surface area is 142 Å². The molecule has 128 valence electrons. The third kappa shape index (κ3) is 3.73. The van der Waals surface area contributed by atoms with E-state index >= 15 is 0 Å². The second kappa shape index (κ2) is 6.36. The van der Waals surface area contributed by atoms with Crippen molar-refractivity contribution in [2.75, 3.05) is 7.11 Å². The highest BCUT2D eigenvalue weighted by Crippen LogP contribution is 2.42. The molecule has 0 bridgehead atoms. The molecule has 1 heterocycles. The summed E-state index contributed by atoms with van der Waals surface area (Å²) in [5, 5.41) is 0. The van der Waals surface area contributed by atoms with E-state index in [0.29, 0.717) is 5.54 Å². The van der Waals surface area contributed by atoms with Crippen molar-refractivity contribution in [2.24, 2.45) is 0 Å². The zero-order valence-corrected chi connectivity index (χ0v) is 16.8. The van der Waals surface area contributed by atoms with Crippen molar-refractivity contribution < 1.29 is 14.0 Å². The van der Waals surface area contributed by atoms with Crippen LogP contribution in [0.5, 0.6) is 0 Å². The molecule has 1 saturated heterocycles. The third-order valence-electron chi connectivity index (χ3n) is 5.23. The van der Waals surface area contributed by atoms with Crippen LogP contribution < -0.4 is 0 Å². The molecule has 0 N–H and O–H groups in total. The van der Waals surface area contributed by atoms with Gasteiger partial charge in [-0.2, -0.15) is 0 Å². The second-order valence-corrected chi connectivity index (χ2v) is 13.9. The summed E-state index contributed by atoms with van der Waals surface area (Å²) in [4.78, 5) is 0. The molecule has 0 radical (unpaired) electrons. The van der Waals surface area contributed by atoms with Crippen LogP contribution in [0, 0.1) is 0 Å². The van der Waals surface area contributed by atoms with Crippen molar-refractivity contribution >= 4 is 15.2 Å². The van der Waals surface area contributed by atoms with Crippen LogP contribution in [0.25, 0.3) is 0 Å². The summed E-state index contributed by atoms with van der Waals surface area (Å²) in [6, 6.07) is 10.5. The zero-order valence-electron chi connectivity index (χ0n) is 15.8. The molecule has 1 aliphatic heterocycles. The van der Waals surface area contributed by atoms with E-state index in [1.54, 1.807) is 7.11 Å². The Morgan fingerprint density at radius 1 is 0.957 bits per heavy atom. The maximum Gasteiger partial charge on any atom is 0.489 e. The molecule has 0 amide bonds. The number of methoxy groups -OCH3 is 1. The lowest BCUT2D eigenvalue weighted by molar-refractivity contribution is 0.00578. The quantitative estimate of drug-likeness (QED) is 0.752. The molecule has 23 heavy (non-hydrogen) atoms. The van der Waals surface area contributed by atoms with E-state index in [1.807, 2.05) is 0 Å². The van der Waals surface area contributed by atoms with Gasteiger partial charge in [-0.1, -0.05) is 50.0 Å². The van der Waals surface area contributed by atoms with Gasteiger partial charge in [0, 0.05) is 12.7 Å². The molecule has 2 rings (SSSR count). The Balaban J connectivity index is 2.37. The van der Waals surface area contributed by atoms with E-state index in [-0.39, 0.29) is 24.3 Å². The van der Waals surface area contributed by atoms with Crippen molar-refractivity contribution in [1.29, 1.82) is 0 Å². The average molecular weight is 334 g/mol. The first-order chi connectivity index (χ1) is 10.5. The Morgan fingerprint density at radius 3 is 1.83 bits per heavy atom. The van der Waals surface area contributed by atoms with Gasteiger partial charge in [0.1, 0.15) is 0 Å². The number of hydrogen-bond acceptors (Lipinski definition) is 3. The lowest BCUT2D eigenvalue weighted by Gasteiger charge is -2.36. The molecule has 2 atom stereocenters. The Hall–Kier alpha value is -0.618. The molecule has 0 saturated carbocycles. The summed E-state index contributed by atoms with van der Waals surface area (Å²) in [6.07, 6.45) is 0. The highest BCUT2D eigenvalue weighted by Gasteiger charge is 2.57. The van der Waals surface area contributed by atoms with Gasteiger partial charge in [-0.25, -0.2) is 0 Å². The van der Waals surface area contributed by atoms with E-state index in [9.17, 15) is 0 Å². The van der Waals surface area contributed by atoms with Crippen molar-refractivity contribution in [1.82, 2.24) is 0 Å². The molecule has 0 unspecified atom stereocenters. The van der Waals surface area contributed by atoms with Crippen LogP contribution in [0.2, 0.25) is 19.6 Å². The predicted molar refractivity (Wildman–Crippen MR) is 99.4 cm³/mol. The predicted octanol–water partition coefficient (Wildman–Crippen LogP) is 4.29. The van der Waals surface area contributed by atoms with Gasteiger partial charge in [0.05, 0.1) is 25.3 Å². The summed E-state index contributed by atoms with van der Waals surface area (Å²) < 4.78 is 18.5. The molecule has 3 nitrogen and oxygen atoms in total. The smallest absolute Gasteiger partial charge is 0.402 e. The largest absolute Gasteiger partial charge is 0.489 e. The standard InChI is InChI=1S/C18H31BO3Si/c1-17(2)18(3,4)22-19(21-17)16(20-5)15(23(6,7)8)14-12-10-9-11-13-14/h9-13,15-16H,1-8H3/t15-,16-/m0/s1. The minimum Gasteiger partial charge on any atom is -0.402 e. The molecule has 0 aromatic heterocycles. The zero-order chi connectivity index (χ0) is 17.5. The highest BCUT2D eigenvalue weighted by atomic mass is 28.3. The van der Waals surface area contributed by atoms with E-state index in [1.165, 1.54) is 5.56 Å². The van der Waals surface area contributed by atoms with Gasteiger partial charge in [-0.05, 0) is 33.3 Å². The van der Waals surface area contributed by atoms with E-state index in [0.717, 1.165) is 0 Å². The fraction of sp³-hybridized carbons (Fsp3) is 0.667. The number of benzene rings is 1. The van der Waals surface area contributed by atoms with Crippen LogP contribution in [0.4, 0.5) is 0 Å². The summed E-state index contributed by atoms with van der Waals surface area (Å²) in [6.45, 7) is 15.5. The van der Waals surface area contributed by atoms with Gasteiger partial charge < -0.3 is 14.0 Å². The summed E-state index contributed by atoms with van der Waals surface area (Å²) in [5.41, 5.74) is 0.946. The minimum absolute atomic E-state index is 0.106. The maximum absolute atomic E-state index is 6.29. The van der Waals surface area contributed by atoms with Gasteiger partial charge in [0.15, 0.2) is 0 Å². The van der Waals surface area contributed by atoms with Gasteiger partial charge >= 0.3 is 7.12 Å². The van der Waals surface area contributed by atoms with Crippen molar-refractivity contribution in [3.05, 3.63) is 35.9 Å². The molecule has 1 aromatic rings. The molecular weight excluding hydrogens is 303 g/mol. The highest BCUT2D eigenvalue weighted by molar-refractivity contribution is 6.78. The van der Waals surface area contributed by atoms with Gasteiger partial charge in [0.2, 0.25) is 0 Å². The van der Waals surface area contributed by atoms with Crippen molar-refractivity contribution in [3.63, 3.8) is 0 Å². The van der Waals surface area contributed by atoms with Gasteiger partial charge in [-0.15, -0.1) is 0 Å². The Bertz CT molecular complexity index is 509. The molecule has 1 fully saturated rings. The average Bonchev–Trinajstić information content (AvgIpc) is 2.64. The SMILES string of the molecule is CO[C@H](B1OC(C)(C)C(C)(C)O1)[C@H](c1ccccc1)[Si](C)(C)C. The Morgan fingerprint density at radius 2 is 1.43 bits per heavy atom. The third-order valence-corrected chi connectivity index (χ3v) is 7.76. The topological polar surface area (TPSA) is 27.7 Å². The lowest BCUT2D eigenvalue weighted by atomic mass is 9.77. The number of hydrogen-bond donors (Lipinski definition) is 0. The van der Waals surface area contributed by atoms with Crippen molar-refractivity contribution in [3.8, 4) is 0 Å². The van der Waals surface area contributed by atoms with E-state index < -0.39 is 8.07 Å². The Kier molecular flexibility index (Phi) is 5.17. The van der Waals surface area contributed by atoms with Crippen LogP contribution in [0.3, 0.4) is 0 Å². The van der Waals surface area contributed by atoms with Crippen LogP contribution in [-0.4, -0.2) is 39.5 Å². The summed E-state index contributed by atoms with van der Waals surface area (Å²) in [5.74, 6) is 0. The van der Waals surface area contributed by atoms with E-state index in [2.05, 4.69) is 77.7 Å². The first-order valence-electron chi connectivity index (χ1n) is 8.43. The van der Waals surface area contributed by atoms with Crippen LogP contribution in [0.15, 0.2) is 30.3 Å².